The van der Waals surface area contributed by atoms with Crippen LogP contribution in [0.4, 0.5) is 8.78 Å². The van der Waals surface area contributed by atoms with Crippen LogP contribution in [0.5, 0.6) is 5.75 Å². The quantitative estimate of drug-likeness (QED) is 0.571. The minimum atomic E-state index is -3.08. The molecule has 0 radical (unpaired) electrons. The Bertz CT molecular complexity index is 732. The molecule has 2 rings (SSSR count). The third kappa shape index (κ3) is 4.52. The summed E-state index contributed by atoms with van der Waals surface area (Å²) in [5, 5.41) is 0.467. The predicted octanol–water partition coefficient (Wildman–Crippen LogP) is 4.37. The van der Waals surface area contributed by atoms with E-state index >= 15 is 0 Å². The predicted molar refractivity (Wildman–Crippen MR) is 83.7 cm³/mol. The summed E-state index contributed by atoms with van der Waals surface area (Å²) in [4.78, 5) is 24.3. The van der Waals surface area contributed by atoms with Crippen LogP contribution in [0.1, 0.15) is 27.6 Å². The Labute approximate surface area is 141 Å². The van der Waals surface area contributed by atoms with Crippen molar-refractivity contribution < 1.29 is 27.8 Å². The lowest BCUT2D eigenvalue weighted by Crippen LogP contribution is -2.24. The van der Waals surface area contributed by atoms with E-state index in [1.54, 1.807) is 0 Å². The molecule has 4 nitrogen and oxygen atoms in total. The molecule has 0 heterocycles. The van der Waals surface area contributed by atoms with Gasteiger partial charge in [0.15, 0.2) is 6.10 Å². The molecule has 0 aliphatic carbocycles. The molecule has 24 heavy (non-hydrogen) atoms. The van der Waals surface area contributed by atoms with Crippen LogP contribution in [-0.2, 0) is 4.74 Å². The van der Waals surface area contributed by atoms with Crippen molar-refractivity contribution in [1.29, 1.82) is 0 Å². The Morgan fingerprint density at radius 3 is 2.29 bits per heavy atom. The monoisotopic (exact) mass is 354 g/mol. The molecular formula is C17H13ClF2O4. The molecule has 0 aromatic heterocycles. The van der Waals surface area contributed by atoms with Gasteiger partial charge in [0, 0.05) is 10.6 Å². The largest absolute Gasteiger partial charge is 0.451 e. The molecule has 0 amide bonds. The van der Waals surface area contributed by atoms with Crippen LogP contribution in [0.3, 0.4) is 0 Å². The maximum absolute atomic E-state index is 12.4. The maximum atomic E-state index is 12.4. The fourth-order valence-electron chi connectivity index (χ4n) is 1.96. The third-order valence-electron chi connectivity index (χ3n) is 3.10. The molecule has 0 aliphatic rings. The molecule has 0 bridgehead atoms. The van der Waals surface area contributed by atoms with Gasteiger partial charge < -0.3 is 9.47 Å². The molecule has 1 unspecified atom stereocenters. The van der Waals surface area contributed by atoms with E-state index in [-0.39, 0.29) is 11.3 Å². The van der Waals surface area contributed by atoms with Gasteiger partial charge in [-0.1, -0.05) is 23.7 Å². The van der Waals surface area contributed by atoms with E-state index in [0.29, 0.717) is 10.6 Å². The summed E-state index contributed by atoms with van der Waals surface area (Å²) in [7, 11) is 0. The highest BCUT2D eigenvalue weighted by Crippen LogP contribution is 2.22. The standard InChI is InChI=1S/C17H13ClF2O4/c1-10(15(21)11-6-8-12(18)9-7-11)23-16(22)13-4-2-3-5-14(13)24-17(19)20/h2-10,17H,1H3. The zero-order valence-electron chi connectivity index (χ0n) is 12.5. The molecule has 0 N–H and O–H groups in total. The molecule has 2 aromatic rings. The SMILES string of the molecule is CC(OC(=O)c1ccccc1OC(F)F)C(=O)c1ccc(Cl)cc1. The molecule has 7 heteroatoms. The van der Waals surface area contributed by atoms with Gasteiger partial charge in [-0.2, -0.15) is 8.78 Å². The zero-order valence-corrected chi connectivity index (χ0v) is 13.3. The van der Waals surface area contributed by atoms with E-state index in [0.717, 1.165) is 0 Å². The Balaban J connectivity index is 2.11. The molecular weight excluding hydrogens is 342 g/mol. The maximum Gasteiger partial charge on any atom is 0.387 e. The number of hydrogen-bond acceptors (Lipinski definition) is 4. The molecule has 0 spiro atoms. The van der Waals surface area contributed by atoms with Gasteiger partial charge in [0.1, 0.15) is 11.3 Å². The number of benzene rings is 2. The van der Waals surface area contributed by atoms with Crippen molar-refractivity contribution in [2.45, 2.75) is 19.6 Å². The number of halogens is 3. The second-order valence-corrected chi connectivity index (χ2v) is 5.23. The lowest BCUT2D eigenvalue weighted by atomic mass is 10.1. The molecule has 2 aromatic carbocycles. The van der Waals surface area contributed by atoms with Crippen molar-refractivity contribution >= 4 is 23.4 Å². The number of alkyl halides is 2. The number of Topliss-reactive ketones (excluding diaryl/α,β-unsaturated/α-hetero) is 1. The summed E-state index contributed by atoms with van der Waals surface area (Å²) in [6, 6.07) is 11.5. The van der Waals surface area contributed by atoms with E-state index in [9.17, 15) is 18.4 Å². The van der Waals surface area contributed by atoms with Crippen LogP contribution in [0.15, 0.2) is 48.5 Å². The van der Waals surface area contributed by atoms with Gasteiger partial charge in [-0.25, -0.2) is 4.79 Å². The number of para-hydroxylation sites is 1. The van der Waals surface area contributed by atoms with Gasteiger partial charge in [0.2, 0.25) is 5.78 Å². The van der Waals surface area contributed by atoms with Gasteiger partial charge >= 0.3 is 12.6 Å². The average molecular weight is 355 g/mol. The number of rotatable bonds is 6. The van der Waals surface area contributed by atoms with Crippen LogP contribution in [0, 0.1) is 0 Å². The Hall–Kier alpha value is -2.47. The Kier molecular flexibility index (Phi) is 5.87. The third-order valence-corrected chi connectivity index (χ3v) is 3.36. The summed E-state index contributed by atoms with van der Waals surface area (Å²) < 4.78 is 34.1. The summed E-state index contributed by atoms with van der Waals surface area (Å²) in [6.45, 7) is -1.68. The first-order valence-electron chi connectivity index (χ1n) is 6.93. The summed E-state index contributed by atoms with van der Waals surface area (Å²) in [5.74, 6) is -1.68. The first-order chi connectivity index (χ1) is 11.4. The number of hydrogen-bond donors (Lipinski definition) is 0. The van der Waals surface area contributed by atoms with E-state index in [1.165, 1.54) is 55.5 Å². The van der Waals surface area contributed by atoms with Crippen LogP contribution in [0.2, 0.25) is 5.02 Å². The van der Waals surface area contributed by atoms with Crippen LogP contribution < -0.4 is 4.74 Å². The smallest absolute Gasteiger partial charge is 0.387 e. The fraction of sp³-hybridized carbons (Fsp3) is 0.176. The van der Waals surface area contributed by atoms with Crippen LogP contribution >= 0.6 is 11.6 Å². The molecule has 126 valence electrons. The van der Waals surface area contributed by atoms with Crippen molar-refractivity contribution in [2.75, 3.05) is 0 Å². The second-order valence-electron chi connectivity index (χ2n) is 4.79. The first-order valence-corrected chi connectivity index (χ1v) is 7.31. The normalized spacial score (nSPS) is 11.9. The zero-order chi connectivity index (χ0) is 17.7. The van der Waals surface area contributed by atoms with Gasteiger partial charge in [-0.05, 0) is 43.3 Å². The van der Waals surface area contributed by atoms with E-state index in [4.69, 9.17) is 16.3 Å². The van der Waals surface area contributed by atoms with Crippen molar-refractivity contribution in [3.05, 3.63) is 64.7 Å². The Morgan fingerprint density at radius 1 is 1.04 bits per heavy atom. The average Bonchev–Trinajstić information content (AvgIpc) is 2.54. The van der Waals surface area contributed by atoms with Crippen LogP contribution in [0.25, 0.3) is 0 Å². The van der Waals surface area contributed by atoms with E-state index in [2.05, 4.69) is 4.74 Å². The highest BCUT2D eigenvalue weighted by molar-refractivity contribution is 6.30. The minimum absolute atomic E-state index is 0.187. The van der Waals surface area contributed by atoms with Crippen molar-refractivity contribution in [2.24, 2.45) is 0 Å². The van der Waals surface area contributed by atoms with E-state index < -0.39 is 24.5 Å². The molecule has 0 aliphatic heterocycles. The summed E-state index contributed by atoms with van der Waals surface area (Å²) >= 11 is 5.75. The number of carbonyl (C=O) groups is 2. The first kappa shape index (κ1) is 17.9. The summed E-state index contributed by atoms with van der Waals surface area (Å²) in [5.41, 5.74) is 0.130. The van der Waals surface area contributed by atoms with E-state index in [1.807, 2.05) is 0 Å². The minimum Gasteiger partial charge on any atom is -0.451 e. The van der Waals surface area contributed by atoms with Gasteiger partial charge in [-0.15, -0.1) is 0 Å². The lowest BCUT2D eigenvalue weighted by molar-refractivity contribution is -0.0505. The van der Waals surface area contributed by atoms with Crippen LogP contribution in [-0.4, -0.2) is 24.5 Å². The van der Waals surface area contributed by atoms with Crippen molar-refractivity contribution in [1.82, 2.24) is 0 Å². The molecule has 1 atom stereocenters. The molecule has 0 fully saturated rings. The number of ketones is 1. The van der Waals surface area contributed by atoms with Crippen molar-refractivity contribution in [3.8, 4) is 5.75 Å². The highest BCUT2D eigenvalue weighted by Gasteiger charge is 2.23. The molecule has 0 saturated heterocycles. The highest BCUT2D eigenvalue weighted by atomic mass is 35.5. The fourth-order valence-corrected chi connectivity index (χ4v) is 2.09. The van der Waals surface area contributed by atoms with Gasteiger partial charge in [-0.3, -0.25) is 4.79 Å². The van der Waals surface area contributed by atoms with Crippen molar-refractivity contribution in [3.63, 3.8) is 0 Å². The number of carbonyl (C=O) groups excluding carboxylic acids is 2. The second kappa shape index (κ2) is 7.88. The number of esters is 1. The number of ether oxygens (including phenoxy) is 2. The lowest BCUT2D eigenvalue weighted by Gasteiger charge is -2.14. The molecule has 0 saturated carbocycles. The Morgan fingerprint density at radius 2 is 1.67 bits per heavy atom. The van der Waals surface area contributed by atoms with Gasteiger partial charge in [0.25, 0.3) is 0 Å². The summed E-state index contributed by atoms with van der Waals surface area (Å²) in [6.07, 6.45) is -1.10. The topological polar surface area (TPSA) is 52.6 Å². The van der Waals surface area contributed by atoms with Gasteiger partial charge in [0.05, 0.1) is 0 Å².